The summed E-state index contributed by atoms with van der Waals surface area (Å²) in [6, 6.07) is 5.88. The highest BCUT2D eigenvalue weighted by molar-refractivity contribution is 7.89. The summed E-state index contributed by atoms with van der Waals surface area (Å²) in [7, 11) is -2.04. The van der Waals surface area contributed by atoms with E-state index in [9.17, 15) is 18.0 Å². The fraction of sp³-hybridized carbons (Fsp3) is 0.385. The molecule has 0 aromatic heterocycles. The lowest BCUT2D eigenvalue weighted by atomic mass is 10.3. The number of rotatable bonds is 3. The van der Waals surface area contributed by atoms with Gasteiger partial charge in [0.25, 0.3) is 0 Å². The van der Waals surface area contributed by atoms with Crippen molar-refractivity contribution in [2.45, 2.75) is 11.8 Å². The molecule has 1 heterocycles. The molecule has 0 atom stereocenters. The first-order valence-electron chi connectivity index (χ1n) is 6.42. The molecule has 0 saturated carbocycles. The van der Waals surface area contributed by atoms with Crippen LogP contribution in [-0.4, -0.2) is 56.1 Å². The van der Waals surface area contributed by atoms with E-state index in [1.54, 1.807) is 7.05 Å². The quantitative estimate of drug-likeness (QED) is 0.858. The predicted molar refractivity (Wildman–Crippen MR) is 77.1 cm³/mol. The molecule has 1 aromatic carbocycles. The first kappa shape index (κ1) is 15.5. The van der Waals surface area contributed by atoms with E-state index in [0.717, 1.165) is 0 Å². The number of likely N-dealkylation sites (N-methyl/N-ethyl adjacent to an activating group) is 1. The first-order valence-corrected chi connectivity index (χ1v) is 7.86. The van der Waals surface area contributed by atoms with Crippen molar-refractivity contribution in [3.63, 3.8) is 0 Å². The summed E-state index contributed by atoms with van der Waals surface area (Å²) in [5, 5.41) is 2.57. The minimum Gasteiger partial charge on any atom is -0.343 e. The van der Waals surface area contributed by atoms with E-state index >= 15 is 0 Å². The summed E-state index contributed by atoms with van der Waals surface area (Å²) in [5.41, 5.74) is 0.524. The number of benzene rings is 1. The second kappa shape index (κ2) is 5.82. The molecule has 1 aliphatic heterocycles. The Hall–Kier alpha value is -1.93. The van der Waals surface area contributed by atoms with Crippen molar-refractivity contribution in [1.82, 2.24) is 9.21 Å². The Morgan fingerprint density at radius 1 is 1.19 bits per heavy atom. The van der Waals surface area contributed by atoms with Crippen LogP contribution in [0, 0.1) is 0 Å². The molecule has 0 spiro atoms. The average Bonchev–Trinajstić information content (AvgIpc) is 2.41. The van der Waals surface area contributed by atoms with Gasteiger partial charge in [-0.2, -0.15) is 4.31 Å². The molecule has 0 unspecified atom stereocenters. The molecular formula is C13H17N3O4S. The molecular weight excluding hydrogens is 294 g/mol. The number of carbonyl (C=O) groups excluding carboxylic acids is 2. The SMILES string of the molecule is CC(=O)Nc1ccc(S(=O)(=O)N2CCN(C)C(=O)C2)cc1. The molecule has 1 aromatic rings. The van der Waals surface area contributed by atoms with Crippen LogP contribution in [0.4, 0.5) is 5.69 Å². The first-order chi connectivity index (χ1) is 9.80. The van der Waals surface area contributed by atoms with Crippen molar-refractivity contribution in [2.75, 3.05) is 32.0 Å². The van der Waals surface area contributed by atoms with Crippen molar-refractivity contribution in [2.24, 2.45) is 0 Å². The monoisotopic (exact) mass is 311 g/mol. The third kappa shape index (κ3) is 3.40. The zero-order chi connectivity index (χ0) is 15.6. The number of amides is 2. The van der Waals surface area contributed by atoms with Gasteiger partial charge in [-0.25, -0.2) is 8.42 Å². The average molecular weight is 311 g/mol. The molecule has 0 radical (unpaired) electrons. The highest BCUT2D eigenvalue weighted by Gasteiger charge is 2.31. The number of hydrogen-bond donors (Lipinski definition) is 1. The minimum atomic E-state index is -3.69. The largest absolute Gasteiger partial charge is 0.343 e. The van der Waals surface area contributed by atoms with E-state index in [1.807, 2.05) is 0 Å². The van der Waals surface area contributed by atoms with Crippen molar-refractivity contribution in [3.05, 3.63) is 24.3 Å². The van der Waals surface area contributed by atoms with Gasteiger partial charge in [-0.1, -0.05) is 0 Å². The van der Waals surface area contributed by atoms with Gasteiger partial charge >= 0.3 is 0 Å². The van der Waals surface area contributed by atoms with Crippen LogP contribution in [0.1, 0.15) is 6.92 Å². The van der Waals surface area contributed by atoms with Crippen LogP contribution in [0.5, 0.6) is 0 Å². The van der Waals surface area contributed by atoms with Gasteiger partial charge in [-0.05, 0) is 24.3 Å². The zero-order valence-corrected chi connectivity index (χ0v) is 12.7. The van der Waals surface area contributed by atoms with Gasteiger partial charge < -0.3 is 10.2 Å². The maximum Gasteiger partial charge on any atom is 0.243 e. The van der Waals surface area contributed by atoms with E-state index in [0.29, 0.717) is 12.2 Å². The molecule has 1 aliphatic rings. The molecule has 2 amide bonds. The van der Waals surface area contributed by atoms with E-state index in [2.05, 4.69) is 5.32 Å². The fourth-order valence-corrected chi connectivity index (χ4v) is 3.39. The summed E-state index contributed by atoms with van der Waals surface area (Å²) in [4.78, 5) is 24.2. The van der Waals surface area contributed by atoms with Gasteiger partial charge in [0, 0.05) is 32.7 Å². The number of hydrogen-bond acceptors (Lipinski definition) is 4. The summed E-state index contributed by atoms with van der Waals surface area (Å²) < 4.78 is 26.1. The maximum atomic E-state index is 12.4. The van der Waals surface area contributed by atoms with Gasteiger partial charge in [-0.3, -0.25) is 9.59 Å². The van der Waals surface area contributed by atoms with Crippen LogP contribution in [-0.2, 0) is 19.6 Å². The maximum absolute atomic E-state index is 12.4. The summed E-state index contributed by atoms with van der Waals surface area (Å²) >= 11 is 0. The van der Waals surface area contributed by atoms with Crippen molar-refractivity contribution in [1.29, 1.82) is 0 Å². The van der Waals surface area contributed by atoms with Crippen molar-refractivity contribution in [3.8, 4) is 0 Å². The lowest BCUT2D eigenvalue weighted by molar-refractivity contribution is -0.132. The molecule has 1 N–H and O–H groups in total. The third-order valence-corrected chi connectivity index (χ3v) is 5.09. The topological polar surface area (TPSA) is 86.8 Å². The lowest BCUT2D eigenvalue weighted by Crippen LogP contribution is -2.50. The molecule has 7 nitrogen and oxygen atoms in total. The van der Waals surface area contributed by atoms with Gasteiger partial charge in [0.05, 0.1) is 11.4 Å². The van der Waals surface area contributed by atoms with E-state index in [1.165, 1.54) is 40.4 Å². The normalized spacial score (nSPS) is 16.9. The van der Waals surface area contributed by atoms with E-state index < -0.39 is 10.0 Å². The molecule has 1 fully saturated rings. The molecule has 8 heteroatoms. The van der Waals surface area contributed by atoms with Crippen LogP contribution in [0.3, 0.4) is 0 Å². The van der Waals surface area contributed by atoms with Crippen molar-refractivity contribution >= 4 is 27.5 Å². The van der Waals surface area contributed by atoms with Crippen LogP contribution < -0.4 is 5.32 Å². The highest BCUT2D eigenvalue weighted by Crippen LogP contribution is 2.19. The third-order valence-electron chi connectivity index (χ3n) is 3.23. The predicted octanol–water partition coefficient (Wildman–Crippen LogP) is 0.108. The number of nitrogens with zero attached hydrogens (tertiary/aromatic N) is 2. The molecule has 0 bridgehead atoms. The molecule has 1 saturated heterocycles. The number of nitrogens with one attached hydrogen (secondary N) is 1. The van der Waals surface area contributed by atoms with Gasteiger partial charge in [0.1, 0.15) is 0 Å². The second-order valence-corrected chi connectivity index (χ2v) is 6.80. The van der Waals surface area contributed by atoms with Crippen LogP contribution >= 0.6 is 0 Å². The lowest BCUT2D eigenvalue weighted by Gasteiger charge is -2.31. The van der Waals surface area contributed by atoms with Gasteiger partial charge in [0.15, 0.2) is 0 Å². The molecule has 114 valence electrons. The number of sulfonamides is 1. The van der Waals surface area contributed by atoms with Gasteiger partial charge in [0.2, 0.25) is 21.8 Å². The smallest absolute Gasteiger partial charge is 0.243 e. The Labute approximate surface area is 123 Å². The Kier molecular flexibility index (Phi) is 4.29. The number of piperazine rings is 1. The van der Waals surface area contributed by atoms with E-state index in [4.69, 9.17) is 0 Å². The standard InChI is InChI=1S/C13H17N3O4S/c1-10(17)14-11-3-5-12(6-4-11)21(19,20)16-8-7-15(2)13(18)9-16/h3-6H,7-9H2,1-2H3,(H,14,17). The van der Waals surface area contributed by atoms with Crippen LogP contribution in [0.15, 0.2) is 29.2 Å². The Balaban J connectivity index is 2.19. The highest BCUT2D eigenvalue weighted by atomic mass is 32.2. The fourth-order valence-electron chi connectivity index (χ4n) is 2.00. The Morgan fingerprint density at radius 2 is 1.81 bits per heavy atom. The van der Waals surface area contributed by atoms with E-state index in [-0.39, 0.29) is 29.8 Å². The molecule has 21 heavy (non-hydrogen) atoms. The van der Waals surface area contributed by atoms with Crippen LogP contribution in [0.2, 0.25) is 0 Å². The molecule has 0 aliphatic carbocycles. The number of anilines is 1. The number of carbonyl (C=O) groups is 2. The minimum absolute atomic E-state index is 0.106. The second-order valence-electron chi connectivity index (χ2n) is 4.86. The summed E-state index contributed by atoms with van der Waals surface area (Å²) in [6.07, 6.45) is 0. The Bertz CT molecular complexity index is 654. The van der Waals surface area contributed by atoms with Gasteiger partial charge in [-0.15, -0.1) is 0 Å². The van der Waals surface area contributed by atoms with Crippen molar-refractivity contribution < 1.29 is 18.0 Å². The summed E-state index contributed by atoms with van der Waals surface area (Å²) in [6.45, 7) is 1.88. The summed E-state index contributed by atoms with van der Waals surface area (Å²) in [5.74, 6) is -0.449. The zero-order valence-electron chi connectivity index (χ0n) is 11.9. The Morgan fingerprint density at radius 3 is 2.33 bits per heavy atom. The molecule has 2 rings (SSSR count). The van der Waals surface area contributed by atoms with Crippen LogP contribution in [0.25, 0.3) is 0 Å².